The largest absolute Gasteiger partial charge is 0.493 e. The summed E-state index contributed by atoms with van der Waals surface area (Å²) in [7, 11) is -2.63. The molecule has 0 unspecified atom stereocenters. The summed E-state index contributed by atoms with van der Waals surface area (Å²) < 4.78 is 35.5. The fourth-order valence-electron chi connectivity index (χ4n) is 2.42. The van der Waals surface area contributed by atoms with Gasteiger partial charge in [-0.1, -0.05) is 47.5 Å². The zero-order valence-corrected chi connectivity index (χ0v) is 16.9. The molecule has 28 heavy (non-hydrogen) atoms. The molecule has 0 atom stereocenters. The molecule has 7 heteroatoms. The highest BCUT2D eigenvalue weighted by Crippen LogP contribution is 2.38. The Morgan fingerprint density at radius 2 is 1.68 bits per heavy atom. The summed E-state index contributed by atoms with van der Waals surface area (Å²) >= 11 is 6.28. The summed E-state index contributed by atoms with van der Waals surface area (Å²) in [6.45, 7) is 2.00. The van der Waals surface area contributed by atoms with Crippen LogP contribution >= 0.6 is 11.6 Å². The van der Waals surface area contributed by atoms with E-state index in [-0.39, 0.29) is 21.4 Å². The van der Waals surface area contributed by atoms with E-state index >= 15 is 0 Å². The number of halogens is 1. The molecule has 0 aliphatic heterocycles. The van der Waals surface area contributed by atoms with Crippen molar-refractivity contribution in [1.82, 2.24) is 0 Å². The Hall–Kier alpha value is -2.83. The van der Waals surface area contributed by atoms with E-state index in [2.05, 4.69) is 4.99 Å². The molecule has 0 spiro atoms. The number of benzene rings is 3. The Kier molecular flexibility index (Phi) is 6.02. The smallest absolute Gasteiger partial charge is 0.339 e. The second-order valence-corrected chi connectivity index (χ2v) is 7.93. The van der Waals surface area contributed by atoms with Crippen LogP contribution in [0.1, 0.15) is 11.1 Å². The predicted octanol–water partition coefficient (Wildman–Crippen LogP) is 5.18. The minimum Gasteiger partial charge on any atom is -0.493 e. The van der Waals surface area contributed by atoms with Crippen LogP contribution in [0.3, 0.4) is 0 Å². The van der Waals surface area contributed by atoms with Crippen molar-refractivity contribution in [3.05, 3.63) is 82.9 Å². The van der Waals surface area contributed by atoms with Gasteiger partial charge < -0.3 is 8.92 Å². The second kappa shape index (κ2) is 8.46. The third-order valence-corrected chi connectivity index (χ3v) is 5.39. The highest BCUT2D eigenvalue weighted by atomic mass is 35.5. The number of aryl methyl sites for hydroxylation is 1. The van der Waals surface area contributed by atoms with Crippen molar-refractivity contribution in [3.63, 3.8) is 0 Å². The highest BCUT2D eigenvalue weighted by Gasteiger charge is 2.21. The first-order valence-corrected chi connectivity index (χ1v) is 10.2. The molecule has 5 nitrogen and oxygen atoms in total. The van der Waals surface area contributed by atoms with Crippen LogP contribution in [-0.2, 0) is 10.1 Å². The van der Waals surface area contributed by atoms with Gasteiger partial charge in [0.1, 0.15) is 4.90 Å². The fourth-order valence-corrected chi connectivity index (χ4v) is 3.70. The lowest BCUT2D eigenvalue weighted by Gasteiger charge is -2.13. The molecule has 3 aromatic carbocycles. The Bertz CT molecular complexity index is 1100. The van der Waals surface area contributed by atoms with Crippen molar-refractivity contribution in [2.45, 2.75) is 11.8 Å². The van der Waals surface area contributed by atoms with Gasteiger partial charge in [-0.15, -0.1) is 0 Å². The van der Waals surface area contributed by atoms with Crippen molar-refractivity contribution >= 4 is 33.6 Å². The molecule has 0 aromatic heterocycles. The van der Waals surface area contributed by atoms with E-state index < -0.39 is 10.1 Å². The summed E-state index contributed by atoms with van der Waals surface area (Å²) in [5.41, 5.74) is 2.57. The van der Waals surface area contributed by atoms with Gasteiger partial charge in [-0.2, -0.15) is 8.42 Å². The van der Waals surface area contributed by atoms with Gasteiger partial charge in [0.2, 0.25) is 5.75 Å². The molecule has 0 saturated carbocycles. The molecule has 0 saturated heterocycles. The average molecular weight is 416 g/mol. The molecular weight excluding hydrogens is 398 g/mol. The van der Waals surface area contributed by atoms with Gasteiger partial charge in [0, 0.05) is 6.21 Å². The lowest BCUT2D eigenvalue weighted by molar-refractivity contribution is 0.390. The molecule has 3 aromatic rings. The lowest BCUT2D eigenvalue weighted by atomic mass is 10.2. The minimum absolute atomic E-state index is 0.0260. The van der Waals surface area contributed by atoms with Crippen molar-refractivity contribution < 1.29 is 17.3 Å². The number of hydrogen-bond acceptors (Lipinski definition) is 5. The van der Waals surface area contributed by atoms with Crippen LogP contribution in [0.4, 0.5) is 5.69 Å². The van der Waals surface area contributed by atoms with Gasteiger partial charge >= 0.3 is 10.1 Å². The van der Waals surface area contributed by atoms with E-state index in [9.17, 15) is 8.42 Å². The van der Waals surface area contributed by atoms with Crippen LogP contribution in [0.5, 0.6) is 11.5 Å². The first-order chi connectivity index (χ1) is 13.4. The number of hydrogen-bond donors (Lipinski definition) is 0. The van der Waals surface area contributed by atoms with Gasteiger partial charge in [-0.25, -0.2) is 0 Å². The van der Waals surface area contributed by atoms with E-state index in [0.717, 1.165) is 11.3 Å². The van der Waals surface area contributed by atoms with Crippen molar-refractivity contribution in [3.8, 4) is 11.5 Å². The van der Waals surface area contributed by atoms with Crippen molar-refractivity contribution in [2.75, 3.05) is 7.11 Å². The maximum Gasteiger partial charge on any atom is 0.339 e. The lowest BCUT2D eigenvalue weighted by Crippen LogP contribution is -2.10. The van der Waals surface area contributed by atoms with Crippen molar-refractivity contribution in [2.24, 2.45) is 4.99 Å². The topological polar surface area (TPSA) is 65.0 Å². The summed E-state index contributed by atoms with van der Waals surface area (Å²) in [6.07, 6.45) is 1.62. The molecule has 3 rings (SSSR count). The number of nitrogens with zero attached hydrogens (tertiary/aromatic N) is 1. The second-order valence-electron chi connectivity index (χ2n) is 5.98. The molecule has 0 bridgehead atoms. The van der Waals surface area contributed by atoms with Crippen LogP contribution in [0.2, 0.25) is 5.02 Å². The van der Waals surface area contributed by atoms with Crippen LogP contribution in [-0.4, -0.2) is 21.7 Å². The maximum absolute atomic E-state index is 12.5. The van der Waals surface area contributed by atoms with Crippen LogP contribution < -0.4 is 8.92 Å². The van der Waals surface area contributed by atoms with Crippen LogP contribution in [0.25, 0.3) is 0 Å². The molecule has 0 amide bonds. The maximum atomic E-state index is 12.5. The quantitative estimate of drug-likeness (QED) is 0.411. The molecule has 0 N–H and O–H groups in total. The van der Waals surface area contributed by atoms with Crippen molar-refractivity contribution in [1.29, 1.82) is 0 Å². The first kappa shape index (κ1) is 19.9. The summed E-state index contributed by atoms with van der Waals surface area (Å²) in [5, 5.41) is 0.101. The van der Waals surface area contributed by atoms with E-state index in [1.54, 1.807) is 36.5 Å². The predicted molar refractivity (Wildman–Crippen MR) is 111 cm³/mol. The van der Waals surface area contributed by atoms with E-state index in [4.69, 9.17) is 20.5 Å². The average Bonchev–Trinajstić information content (AvgIpc) is 2.70. The summed E-state index contributed by atoms with van der Waals surface area (Å²) in [5.74, 6) is 0.123. The Balaban J connectivity index is 1.91. The standard InChI is InChI=1S/C21H18ClNO4S/c1-15-8-10-17(11-9-15)23-14-16-12-19(22)21(20(13-16)26-2)27-28(24,25)18-6-4-3-5-7-18/h3-14H,1-2H3. The normalized spacial score (nSPS) is 11.5. The highest BCUT2D eigenvalue weighted by molar-refractivity contribution is 7.87. The zero-order valence-electron chi connectivity index (χ0n) is 15.3. The van der Waals surface area contributed by atoms with Gasteiger partial charge in [0.15, 0.2) is 5.75 Å². The van der Waals surface area contributed by atoms with Gasteiger partial charge in [-0.3, -0.25) is 4.99 Å². The Morgan fingerprint density at radius 1 is 1.00 bits per heavy atom. The molecule has 0 aliphatic rings. The van der Waals surface area contributed by atoms with Gasteiger partial charge in [-0.05, 0) is 48.9 Å². The van der Waals surface area contributed by atoms with Crippen LogP contribution in [0, 0.1) is 6.92 Å². The molecule has 0 aliphatic carbocycles. The van der Waals surface area contributed by atoms with E-state index in [1.807, 2.05) is 31.2 Å². The van der Waals surface area contributed by atoms with Gasteiger partial charge in [0.25, 0.3) is 0 Å². The minimum atomic E-state index is -4.04. The number of methoxy groups -OCH3 is 1. The monoisotopic (exact) mass is 415 g/mol. The zero-order chi connectivity index (χ0) is 20.1. The summed E-state index contributed by atoms with van der Waals surface area (Å²) in [6, 6.07) is 18.7. The molecule has 0 radical (unpaired) electrons. The van der Waals surface area contributed by atoms with Crippen LogP contribution in [0.15, 0.2) is 76.6 Å². The number of rotatable bonds is 6. The third-order valence-electron chi connectivity index (χ3n) is 3.87. The summed E-state index contributed by atoms with van der Waals surface area (Å²) in [4.78, 5) is 4.41. The first-order valence-electron chi connectivity index (χ1n) is 8.37. The van der Waals surface area contributed by atoms with E-state index in [1.165, 1.54) is 19.2 Å². The van der Waals surface area contributed by atoms with E-state index in [0.29, 0.717) is 5.56 Å². The molecular formula is C21H18ClNO4S. The Morgan fingerprint density at radius 3 is 2.32 bits per heavy atom. The molecule has 144 valence electrons. The Labute approximate surface area is 169 Å². The molecule has 0 fully saturated rings. The SMILES string of the molecule is COc1cc(C=Nc2ccc(C)cc2)cc(Cl)c1OS(=O)(=O)c1ccccc1. The third kappa shape index (κ3) is 4.71. The fraction of sp³-hybridized carbons (Fsp3) is 0.0952. The molecule has 0 heterocycles. The van der Waals surface area contributed by atoms with Gasteiger partial charge in [0.05, 0.1) is 17.8 Å². The number of aliphatic imine (C=N–C) groups is 1. The number of ether oxygens (including phenoxy) is 1.